The highest BCUT2D eigenvalue weighted by molar-refractivity contribution is 7.91. The fourth-order valence-corrected chi connectivity index (χ4v) is 3.10. The first-order valence-electron chi connectivity index (χ1n) is 5.82. The summed E-state index contributed by atoms with van der Waals surface area (Å²) in [6, 6.07) is 4.03. The summed E-state index contributed by atoms with van der Waals surface area (Å²) in [7, 11) is -3.59. The molecule has 0 unspecified atom stereocenters. The number of carbonyl (C=O) groups is 1. The maximum Gasteiger partial charge on any atom is 0.335 e. The molecule has 0 saturated carbocycles. The van der Waals surface area contributed by atoms with Gasteiger partial charge in [0.05, 0.1) is 21.8 Å². The van der Waals surface area contributed by atoms with Gasteiger partial charge in [0.15, 0.2) is 9.84 Å². The van der Waals surface area contributed by atoms with Crippen LogP contribution in [0.15, 0.2) is 23.1 Å². The van der Waals surface area contributed by atoms with Crippen LogP contribution in [0.5, 0.6) is 0 Å². The van der Waals surface area contributed by atoms with Gasteiger partial charge in [-0.25, -0.2) is 13.2 Å². The first kappa shape index (κ1) is 15.7. The summed E-state index contributed by atoms with van der Waals surface area (Å²) in [5.41, 5.74) is -0.591. The number of carboxylic acids is 1. The smallest absolute Gasteiger partial charge is 0.335 e. The molecule has 0 amide bonds. The molecule has 0 spiro atoms. The molecule has 0 aromatic heterocycles. The molecule has 6 heteroatoms. The maximum atomic E-state index is 12.1. The lowest BCUT2D eigenvalue weighted by Crippen LogP contribution is -2.23. The van der Waals surface area contributed by atoms with Crippen molar-refractivity contribution in [3.05, 3.63) is 29.3 Å². The third-order valence-corrected chi connectivity index (χ3v) is 4.49. The fraction of sp³-hybridized carbons (Fsp3) is 0.462. The Bertz CT molecular complexity index is 582. The molecule has 0 fully saturated rings. The van der Waals surface area contributed by atoms with E-state index in [2.05, 4.69) is 0 Å². The van der Waals surface area contributed by atoms with Crippen molar-refractivity contribution in [2.45, 2.75) is 37.7 Å². The molecule has 2 N–H and O–H groups in total. The Kier molecular flexibility index (Phi) is 4.37. The van der Waals surface area contributed by atoms with Crippen LogP contribution >= 0.6 is 0 Å². The molecule has 0 atom stereocenters. The first-order valence-corrected chi connectivity index (χ1v) is 7.47. The van der Waals surface area contributed by atoms with Gasteiger partial charge in [-0.1, -0.05) is 6.07 Å². The molecule has 1 rings (SSSR count). The number of hydrogen-bond acceptors (Lipinski definition) is 4. The molecule has 5 nitrogen and oxygen atoms in total. The van der Waals surface area contributed by atoms with Gasteiger partial charge < -0.3 is 10.2 Å². The Hall–Kier alpha value is -1.40. The van der Waals surface area contributed by atoms with Gasteiger partial charge in [-0.05, 0) is 44.9 Å². The molecule has 0 saturated heterocycles. The minimum Gasteiger partial charge on any atom is -0.478 e. The number of aromatic carboxylic acids is 1. The summed E-state index contributed by atoms with van der Waals surface area (Å²) < 4.78 is 24.1. The normalized spacial score (nSPS) is 12.4. The zero-order valence-electron chi connectivity index (χ0n) is 11.2. The summed E-state index contributed by atoms with van der Waals surface area (Å²) in [5, 5.41) is 18.5. The van der Waals surface area contributed by atoms with Gasteiger partial charge in [-0.3, -0.25) is 0 Å². The van der Waals surface area contributed by atoms with Crippen LogP contribution in [0.2, 0.25) is 0 Å². The van der Waals surface area contributed by atoms with E-state index in [1.54, 1.807) is 6.92 Å². The lowest BCUT2D eigenvalue weighted by Gasteiger charge is -2.16. The topological polar surface area (TPSA) is 91.7 Å². The summed E-state index contributed by atoms with van der Waals surface area (Å²) in [6.45, 7) is 4.66. The first-order chi connectivity index (χ1) is 8.53. The number of aryl methyl sites for hydroxylation is 1. The Morgan fingerprint density at radius 1 is 1.32 bits per heavy atom. The second kappa shape index (κ2) is 5.30. The maximum absolute atomic E-state index is 12.1. The molecule has 0 aliphatic heterocycles. The van der Waals surface area contributed by atoms with E-state index in [0.29, 0.717) is 5.56 Å². The minimum atomic E-state index is -3.59. The zero-order chi connectivity index (χ0) is 14.8. The van der Waals surface area contributed by atoms with Crippen LogP contribution in [0.4, 0.5) is 0 Å². The average Bonchev–Trinajstić information content (AvgIpc) is 2.25. The van der Waals surface area contributed by atoms with Gasteiger partial charge in [-0.15, -0.1) is 0 Å². The molecule has 1 aromatic carbocycles. The van der Waals surface area contributed by atoms with Crippen molar-refractivity contribution in [2.75, 3.05) is 5.75 Å². The van der Waals surface area contributed by atoms with E-state index in [1.807, 2.05) is 0 Å². The third kappa shape index (κ3) is 4.33. The summed E-state index contributed by atoms with van der Waals surface area (Å²) in [5.74, 6) is -1.38. The van der Waals surface area contributed by atoms with Crippen LogP contribution in [0.3, 0.4) is 0 Å². The Morgan fingerprint density at radius 3 is 2.37 bits per heavy atom. The van der Waals surface area contributed by atoms with Crippen LogP contribution < -0.4 is 0 Å². The minimum absolute atomic E-state index is 0.0238. The summed E-state index contributed by atoms with van der Waals surface area (Å²) in [4.78, 5) is 11.0. The van der Waals surface area contributed by atoms with Crippen LogP contribution in [0, 0.1) is 6.92 Å². The molecule has 0 radical (unpaired) electrons. The molecule has 106 valence electrons. The van der Waals surface area contributed by atoms with E-state index >= 15 is 0 Å². The Labute approximate surface area is 112 Å². The van der Waals surface area contributed by atoms with E-state index in [-0.39, 0.29) is 22.6 Å². The predicted molar refractivity (Wildman–Crippen MR) is 71.1 cm³/mol. The van der Waals surface area contributed by atoms with E-state index < -0.39 is 21.4 Å². The molecule has 19 heavy (non-hydrogen) atoms. The average molecular weight is 286 g/mol. The van der Waals surface area contributed by atoms with Gasteiger partial charge in [0.25, 0.3) is 0 Å². The zero-order valence-corrected chi connectivity index (χ0v) is 12.0. The molecule has 0 bridgehead atoms. The summed E-state index contributed by atoms with van der Waals surface area (Å²) >= 11 is 0. The van der Waals surface area contributed by atoms with E-state index in [0.717, 1.165) is 6.07 Å². The molecule has 0 aliphatic carbocycles. The van der Waals surface area contributed by atoms with Gasteiger partial charge in [0.1, 0.15) is 0 Å². The standard InChI is InChI=1S/C13H18O5S/c1-9-4-5-10(8-11(9)12(14)15)19(17,18)7-6-13(2,3)16/h4-5,8,16H,6-7H2,1-3H3,(H,14,15). The number of sulfone groups is 1. The van der Waals surface area contributed by atoms with Crippen LogP contribution in [0.1, 0.15) is 36.2 Å². The van der Waals surface area contributed by atoms with Crippen molar-refractivity contribution in [1.82, 2.24) is 0 Å². The van der Waals surface area contributed by atoms with Gasteiger partial charge in [0.2, 0.25) is 0 Å². The van der Waals surface area contributed by atoms with E-state index in [9.17, 15) is 18.3 Å². The van der Waals surface area contributed by atoms with Crippen LogP contribution in [0.25, 0.3) is 0 Å². The highest BCUT2D eigenvalue weighted by atomic mass is 32.2. The lowest BCUT2D eigenvalue weighted by molar-refractivity contribution is 0.0694. The van der Waals surface area contributed by atoms with Crippen molar-refractivity contribution < 1.29 is 23.4 Å². The van der Waals surface area contributed by atoms with E-state index in [1.165, 1.54) is 26.0 Å². The molecular formula is C13H18O5S. The number of hydrogen-bond donors (Lipinski definition) is 2. The van der Waals surface area contributed by atoms with Gasteiger partial charge in [-0.2, -0.15) is 0 Å². The third-order valence-electron chi connectivity index (χ3n) is 2.78. The van der Waals surface area contributed by atoms with Crippen LogP contribution in [-0.4, -0.2) is 36.0 Å². The molecule has 0 aliphatic rings. The van der Waals surface area contributed by atoms with Crippen molar-refractivity contribution >= 4 is 15.8 Å². The fourth-order valence-electron chi connectivity index (χ4n) is 1.53. The number of carboxylic acid groups (broad SMARTS) is 1. The number of rotatable bonds is 5. The Morgan fingerprint density at radius 2 is 1.89 bits per heavy atom. The second-order valence-electron chi connectivity index (χ2n) is 5.16. The van der Waals surface area contributed by atoms with Crippen molar-refractivity contribution in [2.24, 2.45) is 0 Å². The number of aliphatic hydroxyl groups is 1. The monoisotopic (exact) mass is 286 g/mol. The van der Waals surface area contributed by atoms with Crippen molar-refractivity contribution in [1.29, 1.82) is 0 Å². The van der Waals surface area contributed by atoms with Crippen LogP contribution in [-0.2, 0) is 9.84 Å². The van der Waals surface area contributed by atoms with Crippen molar-refractivity contribution in [3.63, 3.8) is 0 Å². The predicted octanol–water partition coefficient (Wildman–Crippen LogP) is 1.63. The van der Waals surface area contributed by atoms with Gasteiger partial charge in [0, 0.05) is 0 Å². The quantitative estimate of drug-likeness (QED) is 0.858. The lowest BCUT2D eigenvalue weighted by atomic mass is 10.1. The van der Waals surface area contributed by atoms with Crippen molar-refractivity contribution in [3.8, 4) is 0 Å². The highest BCUT2D eigenvalue weighted by Crippen LogP contribution is 2.19. The molecule has 0 heterocycles. The summed E-state index contributed by atoms with van der Waals surface area (Å²) in [6.07, 6.45) is 0.0889. The largest absolute Gasteiger partial charge is 0.478 e. The Balaban J connectivity index is 3.09. The van der Waals surface area contributed by atoms with Gasteiger partial charge >= 0.3 is 5.97 Å². The second-order valence-corrected chi connectivity index (χ2v) is 7.27. The van der Waals surface area contributed by atoms with E-state index in [4.69, 9.17) is 5.11 Å². The molecular weight excluding hydrogens is 268 g/mol. The highest BCUT2D eigenvalue weighted by Gasteiger charge is 2.22. The SMILES string of the molecule is Cc1ccc(S(=O)(=O)CCC(C)(C)O)cc1C(=O)O. The molecule has 1 aromatic rings. The number of benzene rings is 1.